The average molecular weight is 297 g/mol. The van der Waals surface area contributed by atoms with Crippen LogP contribution in [0.1, 0.15) is 97.1 Å². The molecule has 0 aliphatic heterocycles. The zero-order valence-corrected chi connectivity index (χ0v) is 14.5. The highest BCUT2D eigenvalue weighted by molar-refractivity contribution is 7.03. The molecule has 3 heteroatoms. The van der Waals surface area contributed by atoms with Gasteiger partial charge in [-0.05, 0) is 24.4 Å². The van der Waals surface area contributed by atoms with Gasteiger partial charge in [0.2, 0.25) is 0 Å². The fraction of sp³-hybridized carbons (Fsp3) is 0.882. The van der Waals surface area contributed by atoms with E-state index in [1.165, 1.54) is 87.9 Å². The topological polar surface area (TPSA) is 25.8 Å². The Kier molecular flexibility index (Phi) is 9.08. The van der Waals surface area contributed by atoms with Crippen LogP contribution in [0.3, 0.4) is 0 Å². The first-order valence-corrected chi connectivity index (χ1v) is 9.34. The van der Waals surface area contributed by atoms with Crippen LogP contribution < -0.4 is 0 Å². The second-order valence-corrected chi connectivity index (χ2v) is 6.94. The molecule has 0 N–H and O–H groups in total. The highest BCUT2D eigenvalue weighted by Gasteiger charge is 2.28. The van der Waals surface area contributed by atoms with Gasteiger partial charge in [0.05, 0.1) is 5.69 Å². The van der Waals surface area contributed by atoms with E-state index in [-0.39, 0.29) is 5.41 Å². The fourth-order valence-electron chi connectivity index (χ4n) is 2.87. The molecular formula is C17H32N2S. The third kappa shape index (κ3) is 6.34. The van der Waals surface area contributed by atoms with Crippen molar-refractivity contribution in [3.05, 3.63) is 11.1 Å². The van der Waals surface area contributed by atoms with Gasteiger partial charge < -0.3 is 0 Å². The molecule has 0 aromatic carbocycles. The molecule has 1 atom stereocenters. The van der Waals surface area contributed by atoms with Gasteiger partial charge in [-0.3, -0.25) is 0 Å². The largest absolute Gasteiger partial charge is 0.143 e. The SMILES string of the molecule is CCCCCCCC(C)(CCCCCC)c1csnn1. The number of rotatable bonds is 12. The van der Waals surface area contributed by atoms with Crippen LogP contribution in [0.25, 0.3) is 0 Å². The Bertz CT molecular complexity index is 324. The molecule has 2 nitrogen and oxygen atoms in total. The molecule has 1 rings (SSSR count). The Morgan fingerprint density at radius 3 is 1.95 bits per heavy atom. The molecule has 1 heterocycles. The number of unbranched alkanes of at least 4 members (excludes halogenated alkanes) is 7. The van der Waals surface area contributed by atoms with Crippen molar-refractivity contribution in [3.63, 3.8) is 0 Å². The molecule has 0 amide bonds. The first-order chi connectivity index (χ1) is 9.73. The van der Waals surface area contributed by atoms with Gasteiger partial charge >= 0.3 is 0 Å². The molecule has 1 unspecified atom stereocenters. The van der Waals surface area contributed by atoms with Gasteiger partial charge in [-0.2, -0.15) is 0 Å². The van der Waals surface area contributed by atoms with Gasteiger partial charge in [0.25, 0.3) is 0 Å². The Morgan fingerprint density at radius 2 is 1.45 bits per heavy atom. The maximum atomic E-state index is 4.37. The molecule has 0 saturated carbocycles. The van der Waals surface area contributed by atoms with Crippen molar-refractivity contribution in [3.8, 4) is 0 Å². The van der Waals surface area contributed by atoms with Crippen molar-refractivity contribution in [2.24, 2.45) is 0 Å². The molecule has 1 aromatic rings. The lowest BCUT2D eigenvalue weighted by Crippen LogP contribution is -2.22. The normalized spacial score (nSPS) is 14.3. The summed E-state index contributed by atoms with van der Waals surface area (Å²) in [6.45, 7) is 6.95. The summed E-state index contributed by atoms with van der Waals surface area (Å²) in [4.78, 5) is 0. The minimum Gasteiger partial charge on any atom is -0.143 e. The third-order valence-electron chi connectivity index (χ3n) is 4.39. The molecule has 0 aliphatic rings. The Morgan fingerprint density at radius 1 is 0.900 bits per heavy atom. The first-order valence-electron chi connectivity index (χ1n) is 8.50. The number of nitrogens with zero attached hydrogens (tertiary/aromatic N) is 2. The fourth-order valence-corrected chi connectivity index (χ4v) is 3.48. The number of aromatic nitrogens is 2. The molecule has 116 valence electrons. The van der Waals surface area contributed by atoms with Crippen LogP contribution in [0.5, 0.6) is 0 Å². The smallest absolute Gasteiger partial charge is 0.0814 e. The standard InChI is InChI=1S/C17H32N2S/c1-4-6-8-10-12-14-17(3,13-11-9-7-5-2)16-15-20-19-18-16/h15H,4-14H2,1-3H3. The summed E-state index contributed by atoms with van der Waals surface area (Å²) in [7, 11) is 0. The van der Waals surface area contributed by atoms with Gasteiger partial charge in [-0.1, -0.05) is 83.0 Å². The molecule has 20 heavy (non-hydrogen) atoms. The van der Waals surface area contributed by atoms with E-state index in [0.29, 0.717) is 0 Å². The Labute approximate surface area is 129 Å². The van der Waals surface area contributed by atoms with E-state index in [1.54, 1.807) is 0 Å². The van der Waals surface area contributed by atoms with E-state index in [2.05, 4.69) is 35.7 Å². The molecule has 1 aromatic heterocycles. The van der Waals surface area contributed by atoms with Crippen molar-refractivity contribution in [2.45, 2.75) is 96.8 Å². The molecule has 0 fully saturated rings. The third-order valence-corrected chi connectivity index (χ3v) is 4.90. The first kappa shape index (κ1) is 17.6. The number of hydrogen-bond acceptors (Lipinski definition) is 3. The van der Waals surface area contributed by atoms with Gasteiger partial charge in [0, 0.05) is 10.8 Å². The summed E-state index contributed by atoms with van der Waals surface area (Å²) < 4.78 is 4.08. The van der Waals surface area contributed by atoms with Gasteiger partial charge in [0.1, 0.15) is 0 Å². The minimum atomic E-state index is 0.257. The molecule has 0 radical (unpaired) electrons. The van der Waals surface area contributed by atoms with Crippen LogP contribution in [-0.2, 0) is 5.41 Å². The summed E-state index contributed by atoms with van der Waals surface area (Å²) in [6, 6.07) is 0. The molecule has 0 saturated heterocycles. The predicted octanol–water partition coefficient (Wildman–Crippen LogP) is 6.13. The lowest BCUT2D eigenvalue weighted by molar-refractivity contribution is 0.354. The van der Waals surface area contributed by atoms with Crippen molar-refractivity contribution in [1.29, 1.82) is 0 Å². The zero-order valence-electron chi connectivity index (χ0n) is 13.7. The van der Waals surface area contributed by atoms with E-state index in [4.69, 9.17) is 0 Å². The van der Waals surface area contributed by atoms with E-state index < -0.39 is 0 Å². The van der Waals surface area contributed by atoms with E-state index in [1.807, 2.05) is 0 Å². The van der Waals surface area contributed by atoms with E-state index in [0.717, 1.165) is 0 Å². The van der Waals surface area contributed by atoms with Crippen molar-refractivity contribution >= 4 is 11.5 Å². The van der Waals surface area contributed by atoms with Gasteiger partial charge in [0.15, 0.2) is 0 Å². The maximum Gasteiger partial charge on any atom is 0.0814 e. The molecule has 0 spiro atoms. The quantitative estimate of drug-likeness (QED) is 0.434. The minimum absolute atomic E-state index is 0.257. The molecular weight excluding hydrogens is 264 g/mol. The highest BCUT2D eigenvalue weighted by Crippen LogP contribution is 2.34. The number of hydrogen-bond donors (Lipinski definition) is 0. The summed E-state index contributed by atoms with van der Waals surface area (Å²) in [5.41, 5.74) is 1.49. The van der Waals surface area contributed by atoms with Crippen LogP contribution in [0.2, 0.25) is 0 Å². The van der Waals surface area contributed by atoms with Crippen LogP contribution in [0.15, 0.2) is 5.38 Å². The average Bonchev–Trinajstić information content (AvgIpc) is 2.98. The van der Waals surface area contributed by atoms with Crippen molar-refractivity contribution < 1.29 is 0 Å². The summed E-state index contributed by atoms with van der Waals surface area (Å²) in [6.07, 6.45) is 14.7. The van der Waals surface area contributed by atoms with Crippen LogP contribution in [-0.4, -0.2) is 9.59 Å². The van der Waals surface area contributed by atoms with Crippen molar-refractivity contribution in [2.75, 3.05) is 0 Å². The van der Waals surface area contributed by atoms with Crippen LogP contribution in [0.4, 0.5) is 0 Å². The summed E-state index contributed by atoms with van der Waals surface area (Å²) >= 11 is 1.50. The Balaban J connectivity index is 2.43. The molecule has 0 bridgehead atoms. The van der Waals surface area contributed by atoms with E-state index in [9.17, 15) is 0 Å². The zero-order chi connectivity index (χ0) is 14.7. The predicted molar refractivity (Wildman–Crippen MR) is 89.4 cm³/mol. The van der Waals surface area contributed by atoms with Gasteiger partial charge in [-0.25, -0.2) is 0 Å². The van der Waals surface area contributed by atoms with Crippen molar-refractivity contribution in [1.82, 2.24) is 9.59 Å². The van der Waals surface area contributed by atoms with Crippen LogP contribution >= 0.6 is 11.5 Å². The highest BCUT2D eigenvalue weighted by atomic mass is 32.1. The molecule has 0 aliphatic carbocycles. The second-order valence-electron chi connectivity index (χ2n) is 6.33. The van der Waals surface area contributed by atoms with Crippen LogP contribution in [0, 0.1) is 0 Å². The summed E-state index contributed by atoms with van der Waals surface area (Å²) in [5.74, 6) is 0. The monoisotopic (exact) mass is 296 g/mol. The van der Waals surface area contributed by atoms with Gasteiger partial charge in [-0.15, -0.1) is 5.10 Å². The maximum absolute atomic E-state index is 4.37. The Hall–Kier alpha value is -0.440. The lowest BCUT2D eigenvalue weighted by Gasteiger charge is -2.27. The summed E-state index contributed by atoms with van der Waals surface area (Å²) in [5, 5.41) is 6.53. The lowest BCUT2D eigenvalue weighted by atomic mass is 9.77. The van der Waals surface area contributed by atoms with E-state index >= 15 is 0 Å². The second kappa shape index (κ2) is 10.3.